The molecule has 0 fully saturated rings. The Hall–Kier alpha value is -2.20. The molecule has 0 aliphatic carbocycles. The first-order chi connectivity index (χ1) is 12.7. The molecule has 0 aliphatic rings. The van der Waals surface area contributed by atoms with E-state index < -0.39 is 15.7 Å². The molecule has 1 aromatic carbocycles. The molecule has 0 saturated carbocycles. The van der Waals surface area contributed by atoms with E-state index in [9.17, 15) is 12.8 Å². The van der Waals surface area contributed by atoms with Crippen molar-refractivity contribution in [1.29, 1.82) is 0 Å². The highest BCUT2D eigenvalue weighted by Gasteiger charge is 2.11. The predicted octanol–water partition coefficient (Wildman–Crippen LogP) is 1.76. The van der Waals surface area contributed by atoms with E-state index in [1.807, 2.05) is 24.4 Å². The van der Waals surface area contributed by atoms with E-state index >= 15 is 0 Å². The normalized spacial score (nSPS) is 12.1. The van der Waals surface area contributed by atoms with Crippen LogP contribution in [0.25, 0.3) is 0 Å². The molecule has 27 heavy (non-hydrogen) atoms. The molecule has 0 radical (unpaired) electrons. The molecule has 0 unspecified atom stereocenters. The van der Waals surface area contributed by atoms with Gasteiger partial charge in [0.15, 0.2) is 20.9 Å². The van der Waals surface area contributed by atoms with Gasteiger partial charge < -0.3 is 15.5 Å². The second-order valence-corrected chi connectivity index (χ2v) is 9.26. The number of thiazole rings is 1. The summed E-state index contributed by atoms with van der Waals surface area (Å²) in [5.74, 6) is -0.0303. The first-order valence-corrected chi connectivity index (χ1v) is 11.1. The molecule has 2 rings (SSSR count). The molecular formula is C17H24FN5O2S2. The van der Waals surface area contributed by atoms with Crippen LogP contribution in [0.1, 0.15) is 16.8 Å². The first-order valence-electron chi connectivity index (χ1n) is 8.19. The number of nitrogens with zero attached hydrogens (tertiary/aromatic N) is 3. The van der Waals surface area contributed by atoms with Gasteiger partial charge in [-0.15, -0.1) is 11.3 Å². The molecule has 148 valence electrons. The Morgan fingerprint density at radius 2 is 1.96 bits per heavy atom. The van der Waals surface area contributed by atoms with Gasteiger partial charge in [-0.1, -0.05) is 6.07 Å². The highest BCUT2D eigenvalue weighted by Crippen LogP contribution is 2.17. The summed E-state index contributed by atoms with van der Waals surface area (Å²) in [4.78, 5) is 10.6. The summed E-state index contributed by atoms with van der Waals surface area (Å²) in [7, 11) is 2.28. The van der Waals surface area contributed by atoms with Crippen molar-refractivity contribution in [2.24, 2.45) is 4.99 Å². The number of anilines is 1. The average Bonchev–Trinajstić information content (AvgIpc) is 3.05. The summed E-state index contributed by atoms with van der Waals surface area (Å²) in [6, 6.07) is 4.11. The minimum absolute atomic E-state index is 0.136. The van der Waals surface area contributed by atoms with E-state index in [-0.39, 0.29) is 12.3 Å². The van der Waals surface area contributed by atoms with Crippen LogP contribution in [0.3, 0.4) is 0 Å². The van der Waals surface area contributed by atoms with Gasteiger partial charge in [-0.2, -0.15) is 0 Å². The van der Waals surface area contributed by atoms with Crippen molar-refractivity contribution in [2.45, 2.75) is 18.8 Å². The minimum atomic E-state index is -3.21. The second kappa shape index (κ2) is 9.14. The van der Waals surface area contributed by atoms with E-state index in [1.54, 1.807) is 18.4 Å². The Morgan fingerprint density at radius 1 is 1.26 bits per heavy atom. The van der Waals surface area contributed by atoms with Crippen LogP contribution >= 0.6 is 11.3 Å². The van der Waals surface area contributed by atoms with Gasteiger partial charge in [0.2, 0.25) is 0 Å². The molecule has 0 spiro atoms. The van der Waals surface area contributed by atoms with Gasteiger partial charge >= 0.3 is 0 Å². The van der Waals surface area contributed by atoms with Gasteiger partial charge in [0.25, 0.3) is 0 Å². The van der Waals surface area contributed by atoms with Crippen molar-refractivity contribution in [2.75, 3.05) is 32.3 Å². The summed E-state index contributed by atoms with van der Waals surface area (Å²) in [6.45, 7) is 0.742. The van der Waals surface area contributed by atoms with Gasteiger partial charge in [0.05, 0.1) is 18.0 Å². The maximum atomic E-state index is 13.6. The number of guanidine groups is 1. The number of rotatable bonds is 7. The Labute approximate surface area is 163 Å². The lowest BCUT2D eigenvalue weighted by molar-refractivity contribution is 0.599. The zero-order chi connectivity index (χ0) is 20.0. The quantitative estimate of drug-likeness (QED) is 0.531. The molecule has 0 amide bonds. The number of hydrogen-bond donors (Lipinski definition) is 2. The van der Waals surface area contributed by atoms with E-state index in [0.29, 0.717) is 23.6 Å². The Morgan fingerprint density at radius 3 is 2.56 bits per heavy atom. The Bertz CT molecular complexity index is 910. The molecule has 7 nitrogen and oxygen atoms in total. The van der Waals surface area contributed by atoms with Crippen LogP contribution in [0, 0.1) is 5.82 Å². The highest BCUT2D eigenvalue weighted by atomic mass is 32.2. The molecule has 0 bridgehead atoms. The van der Waals surface area contributed by atoms with Crippen molar-refractivity contribution in [3.63, 3.8) is 0 Å². The molecule has 1 heterocycles. The SMILES string of the molecule is CN=C(NCc1csc(N(C)C)n1)NCc1cc(F)ccc1CS(C)(=O)=O. The van der Waals surface area contributed by atoms with Crippen molar-refractivity contribution in [1.82, 2.24) is 15.6 Å². The summed E-state index contributed by atoms with van der Waals surface area (Å²) >= 11 is 1.55. The van der Waals surface area contributed by atoms with Crippen molar-refractivity contribution >= 4 is 32.3 Å². The van der Waals surface area contributed by atoms with Gasteiger partial charge in [-0.3, -0.25) is 4.99 Å². The monoisotopic (exact) mass is 413 g/mol. The zero-order valence-corrected chi connectivity index (χ0v) is 17.4. The van der Waals surface area contributed by atoms with E-state index in [4.69, 9.17) is 0 Å². The number of hydrogen-bond acceptors (Lipinski definition) is 6. The largest absolute Gasteiger partial charge is 0.354 e. The summed E-state index contributed by atoms with van der Waals surface area (Å²) in [5.41, 5.74) is 2.03. The van der Waals surface area contributed by atoms with Gasteiger partial charge in [-0.05, 0) is 23.3 Å². The van der Waals surface area contributed by atoms with Crippen molar-refractivity contribution < 1.29 is 12.8 Å². The third-order valence-corrected chi connectivity index (χ3v) is 5.51. The molecule has 0 saturated heterocycles. The lowest BCUT2D eigenvalue weighted by Gasteiger charge is -2.14. The average molecular weight is 414 g/mol. The summed E-state index contributed by atoms with van der Waals surface area (Å²) in [5, 5.41) is 9.11. The van der Waals surface area contributed by atoms with Crippen LogP contribution in [0.15, 0.2) is 28.6 Å². The van der Waals surface area contributed by atoms with Crippen LogP contribution < -0.4 is 15.5 Å². The van der Waals surface area contributed by atoms with Crippen LogP contribution in [0.5, 0.6) is 0 Å². The van der Waals surface area contributed by atoms with E-state index in [2.05, 4.69) is 20.6 Å². The minimum Gasteiger partial charge on any atom is -0.354 e. The topological polar surface area (TPSA) is 86.7 Å². The molecule has 10 heteroatoms. The molecular weight excluding hydrogens is 389 g/mol. The zero-order valence-electron chi connectivity index (χ0n) is 15.8. The fraction of sp³-hybridized carbons (Fsp3) is 0.412. The highest BCUT2D eigenvalue weighted by molar-refractivity contribution is 7.89. The number of aromatic nitrogens is 1. The fourth-order valence-corrected chi connectivity index (χ4v) is 3.94. The number of benzene rings is 1. The predicted molar refractivity (Wildman–Crippen MR) is 108 cm³/mol. The number of halogens is 1. The summed E-state index contributed by atoms with van der Waals surface area (Å²) in [6.07, 6.45) is 1.16. The number of aliphatic imine (C=N–C) groups is 1. The smallest absolute Gasteiger partial charge is 0.191 e. The molecule has 0 aliphatic heterocycles. The standard InChI is InChI=1S/C17H24FN5O2S2/c1-19-16(21-9-15-10-26-17(22-15)23(2)3)20-8-13-7-14(18)6-5-12(13)11-27(4,24)25/h5-7,10H,8-9,11H2,1-4H3,(H2,19,20,21). The Balaban J connectivity index is 2.00. The molecule has 0 atom stereocenters. The molecule has 2 aromatic rings. The van der Waals surface area contributed by atoms with Crippen LogP contribution in [-0.4, -0.2) is 46.8 Å². The van der Waals surface area contributed by atoms with Gasteiger partial charge in [-0.25, -0.2) is 17.8 Å². The molecule has 1 aromatic heterocycles. The third kappa shape index (κ3) is 6.79. The number of sulfone groups is 1. The number of nitrogens with one attached hydrogen (secondary N) is 2. The first kappa shape index (κ1) is 21.1. The third-order valence-electron chi connectivity index (χ3n) is 3.62. The van der Waals surface area contributed by atoms with E-state index in [1.165, 1.54) is 18.2 Å². The van der Waals surface area contributed by atoms with Gasteiger partial charge in [0.1, 0.15) is 5.82 Å². The lowest BCUT2D eigenvalue weighted by atomic mass is 10.1. The fourth-order valence-electron chi connectivity index (χ4n) is 2.34. The van der Waals surface area contributed by atoms with Crippen LogP contribution in [0.4, 0.5) is 9.52 Å². The van der Waals surface area contributed by atoms with Crippen molar-refractivity contribution in [3.05, 3.63) is 46.2 Å². The van der Waals surface area contributed by atoms with Crippen LogP contribution in [-0.2, 0) is 28.7 Å². The maximum Gasteiger partial charge on any atom is 0.191 e. The second-order valence-electron chi connectivity index (χ2n) is 6.28. The van der Waals surface area contributed by atoms with Crippen molar-refractivity contribution in [3.8, 4) is 0 Å². The Kier molecular flexibility index (Phi) is 7.14. The molecule has 2 N–H and O–H groups in total. The van der Waals surface area contributed by atoms with Gasteiger partial charge in [0, 0.05) is 39.3 Å². The maximum absolute atomic E-state index is 13.6. The van der Waals surface area contributed by atoms with Crippen LogP contribution in [0.2, 0.25) is 0 Å². The summed E-state index contributed by atoms with van der Waals surface area (Å²) < 4.78 is 36.8. The lowest BCUT2D eigenvalue weighted by Crippen LogP contribution is -2.36. The van der Waals surface area contributed by atoms with E-state index in [0.717, 1.165) is 17.1 Å².